The minimum atomic E-state index is -0.804. The monoisotopic (exact) mass is 372 g/mol. The highest BCUT2D eigenvalue weighted by molar-refractivity contribution is 7.14. The number of aromatic nitrogens is 1. The highest BCUT2D eigenvalue weighted by atomic mass is 32.1. The molecule has 130 valence electrons. The normalized spacial score (nSPS) is 11.0. The summed E-state index contributed by atoms with van der Waals surface area (Å²) in [6.07, 6.45) is 0.0772. The van der Waals surface area contributed by atoms with Crippen molar-refractivity contribution in [2.75, 3.05) is 11.4 Å². The average molecular weight is 373 g/mol. The second kappa shape index (κ2) is 7.80. The Hall–Kier alpha value is -2.18. The summed E-state index contributed by atoms with van der Waals surface area (Å²) in [5.41, 5.74) is 4.30. The Bertz CT molecular complexity index is 823. The number of hydrogen-bond donors (Lipinski definition) is 1. The fraction of sp³-hybridized carbons (Fsp3) is 0.263. The molecule has 6 heteroatoms. The molecule has 0 amide bonds. The van der Waals surface area contributed by atoms with Gasteiger partial charge in [-0.15, -0.1) is 11.3 Å². The maximum absolute atomic E-state index is 11.0. The first-order valence-corrected chi connectivity index (χ1v) is 9.94. The number of carboxylic acids is 1. The summed E-state index contributed by atoms with van der Waals surface area (Å²) in [5.74, 6) is -0.300. The van der Waals surface area contributed by atoms with Crippen LogP contribution in [0.25, 0.3) is 11.3 Å². The number of nitrogens with zero attached hydrogens (tertiary/aromatic N) is 2. The van der Waals surface area contributed by atoms with Crippen molar-refractivity contribution in [2.45, 2.75) is 26.2 Å². The van der Waals surface area contributed by atoms with Gasteiger partial charge in [0.15, 0.2) is 5.13 Å². The Morgan fingerprint density at radius 3 is 2.56 bits per heavy atom. The maximum atomic E-state index is 11.0. The van der Waals surface area contributed by atoms with Crippen molar-refractivity contribution >= 4 is 39.5 Å². The number of carboxylic acid groups (broad SMARTS) is 1. The van der Waals surface area contributed by atoms with Gasteiger partial charge in [0.25, 0.3) is 0 Å². The molecule has 0 saturated carbocycles. The fourth-order valence-corrected chi connectivity index (χ4v) is 4.04. The van der Waals surface area contributed by atoms with Crippen LogP contribution in [0.5, 0.6) is 0 Å². The number of anilines is 2. The van der Waals surface area contributed by atoms with Gasteiger partial charge in [-0.2, -0.15) is 11.3 Å². The van der Waals surface area contributed by atoms with E-state index in [2.05, 4.69) is 38.1 Å². The van der Waals surface area contributed by atoms with E-state index in [4.69, 9.17) is 10.1 Å². The van der Waals surface area contributed by atoms with Crippen molar-refractivity contribution in [3.63, 3.8) is 0 Å². The van der Waals surface area contributed by atoms with Crippen LogP contribution < -0.4 is 4.90 Å². The number of hydrogen-bond acceptors (Lipinski definition) is 5. The first kappa shape index (κ1) is 17.6. The third-order valence-electron chi connectivity index (χ3n) is 3.96. The first-order chi connectivity index (χ1) is 12.0. The Morgan fingerprint density at radius 1 is 1.20 bits per heavy atom. The minimum Gasteiger partial charge on any atom is -0.481 e. The van der Waals surface area contributed by atoms with Crippen molar-refractivity contribution < 1.29 is 9.90 Å². The summed E-state index contributed by atoms with van der Waals surface area (Å²) in [7, 11) is 0. The molecular weight excluding hydrogens is 352 g/mol. The van der Waals surface area contributed by atoms with Crippen molar-refractivity contribution in [1.82, 2.24) is 4.98 Å². The lowest BCUT2D eigenvalue weighted by Gasteiger charge is -2.19. The van der Waals surface area contributed by atoms with Crippen LogP contribution in [-0.2, 0) is 4.79 Å². The molecule has 0 aliphatic carbocycles. The van der Waals surface area contributed by atoms with Crippen LogP contribution in [-0.4, -0.2) is 22.6 Å². The highest BCUT2D eigenvalue weighted by Gasteiger charge is 2.16. The molecule has 1 N–H and O–H groups in total. The lowest BCUT2D eigenvalue weighted by Crippen LogP contribution is -2.20. The predicted molar refractivity (Wildman–Crippen MR) is 105 cm³/mol. The number of rotatable bonds is 7. The summed E-state index contributed by atoms with van der Waals surface area (Å²) < 4.78 is 0. The molecule has 2 aromatic heterocycles. The Labute approximate surface area is 155 Å². The number of carbonyl (C=O) groups is 1. The van der Waals surface area contributed by atoms with Crippen molar-refractivity contribution in [3.8, 4) is 11.3 Å². The maximum Gasteiger partial charge on any atom is 0.305 e. The largest absolute Gasteiger partial charge is 0.481 e. The summed E-state index contributed by atoms with van der Waals surface area (Å²) in [6.45, 7) is 4.76. The van der Waals surface area contributed by atoms with Crippen LogP contribution >= 0.6 is 22.7 Å². The van der Waals surface area contributed by atoms with E-state index in [1.165, 1.54) is 16.9 Å². The molecule has 0 fully saturated rings. The van der Waals surface area contributed by atoms with Crippen molar-refractivity contribution in [2.24, 2.45) is 0 Å². The molecule has 0 aliphatic rings. The molecule has 0 atom stereocenters. The average Bonchev–Trinajstić information content (AvgIpc) is 3.27. The van der Waals surface area contributed by atoms with E-state index >= 15 is 0 Å². The second-order valence-electron chi connectivity index (χ2n) is 6.07. The summed E-state index contributed by atoms with van der Waals surface area (Å²) in [5, 5.41) is 15.9. The zero-order chi connectivity index (χ0) is 17.8. The van der Waals surface area contributed by atoms with E-state index in [0.717, 1.165) is 22.1 Å². The SMILES string of the molecule is CC(C)c1ccc(-c2csc(N(CCC(=O)O)c3ccsc3)n2)cc1. The predicted octanol–water partition coefficient (Wildman–Crippen LogP) is 5.61. The summed E-state index contributed by atoms with van der Waals surface area (Å²) >= 11 is 3.13. The van der Waals surface area contributed by atoms with Crippen LogP contribution in [0, 0.1) is 0 Å². The molecule has 2 heterocycles. The number of benzene rings is 1. The quantitative estimate of drug-likeness (QED) is 0.586. The topological polar surface area (TPSA) is 53.4 Å². The Kier molecular flexibility index (Phi) is 5.50. The van der Waals surface area contributed by atoms with Crippen LogP contribution in [0.15, 0.2) is 46.5 Å². The Morgan fingerprint density at radius 2 is 1.96 bits per heavy atom. The van der Waals surface area contributed by atoms with Gasteiger partial charge in [0.1, 0.15) is 0 Å². The van der Waals surface area contributed by atoms with Gasteiger partial charge in [-0.25, -0.2) is 4.98 Å². The molecule has 0 saturated heterocycles. The number of thiophene rings is 1. The van der Waals surface area contributed by atoms with Crippen molar-refractivity contribution in [1.29, 1.82) is 0 Å². The van der Waals surface area contributed by atoms with E-state index in [0.29, 0.717) is 12.5 Å². The van der Waals surface area contributed by atoms with Gasteiger partial charge in [-0.3, -0.25) is 4.79 Å². The van der Waals surface area contributed by atoms with Gasteiger partial charge < -0.3 is 10.0 Å². The van der Waals surface area contributed by atoms with E-state index in [1.54, 1.807) is 11.3 Å². The standard InChI is InChI=1S/C19H20N2O2S2/c1-13(2)14-3-5-15(6-4-14)17-12-25-19(20-17)21(9-7-18(22)23)16-8-10-24-11-16/h3-6,8,10-13H,7,9H2,1-2H3,(H,22,23). The van der Waals surface area contributed by atoms with Crippen LogP contribution in [0.2, 0.25) is 0 Å². The van der Waals surface area contributed by atoms with E-state index in [9.17, 15) is 4.79 Å². The van der Waals surface area contributed by atoms with Crippen LogP contribution in [0.4, 0.5) is 10.8 Å². The third-order valence-corrected chi connectivity index (χ3v) is 5.50. The third kappa shape index (κ3) is 4.27. The van der Waals surface area contributed by atoms with E-state index in [-0.39, 0.29) is 6.42 Å². The van der Waals surface area contributed by atoms with Crippen molar-refractivity contribution in [3.05, 3.63) is 52.0 Å². The van der Waals surface area contributed by atoms with Gasteiger partial charge >= 0.3 is 5.97 Å². The molecule has 0 radical (unpaired) electrons. The second-order valence-corrected chi connectivity index (χ2v) is 7.69. The molecule has 1 aromatic carbocycles. The van der Waals surface area contributed by atoms with E-state index < -0.39 is 5.97 Å². The first-order valence-electron chi connectivity index (χ1n) is 8.12. The van der Waals surface area contributed by atoms with Gasteiger partial charge in [0, 0.05) is 22.9 Å². The van der Waals surface area contributed by atoms with Gasteiger partial charge in [0.2, 0.25) is 0 Å². The number of aliphatic carboxylic acids is 1. The van der Waals surface area contributed by atoms with Gasteiger partial charge in [0.05, 0.1) is 17.8 Å². The summed E-state index contributed by atoms with van der Waals surface area (Å²) in [4.78, 5) is 17.7. The Balaban J connectivity index is 1.85. The zero-order valence-electron chi connectivity index (χ0n) is 14.2. The lowest BCUT2D eigenvalue weighted by atomic mass is 10.0. The molecule has 3 aromatic rings. The zero-order valence-corrected chi connectivity index (χ0v) is 15.8. The molecule has 3 rings (SSSR count). The molecule has 0 aliphatic heterocycles. The molecule has 0 spiro atoms. The smallest absolute Gasteiger partial charge is 0.305 e. The van der Waals surface area contributed by atoms with Crippen LogP contribution in [0.3, 0.4) is 0 Å². The molecule has 0 bridgehead atoms. The molecule has 25 heavy (non-hydrogen) atoms. The number of thiazole rings is 1. The minimum absolute atomic E-state index is 0.0772. The van der Waals surface area contributed by atoms with Gasteiger partial charge in [-0.05, 0) is 22.9 Å². The van der Waals surface area contributed by atoms with Crippen LogP contribution in [0.1, 0.15) is 31.7 Å². The molecule has 0 unspecified atom stereocenters. The lowest BCUT2D eigenvalue weighted by molar-refractivity contribution is -0.136. The van der Waals surface area contributed by atoms with E-state index in [1.807, 2.05) is 27.1 Å². The highest BCUT2D eigenvalue weighted by Crippen LogP contribution is 2.33. The molecule has 4 nitrogen and oxygen atoms in total. The van der Waals surface area contributed by atoms with Gasteiger partial charge in [-0.1, -0.05) is 38.1 Å². The molecular formula is C19H20N2O2S2. The fourth-order valence-electron chi connectivity index (χ4n) is 2.51. The summed E-state index contributed by atoms with van der Waals surface area (Å²) in [6, 6.07) is 10.5.